The molecular weight excluding hydrogens is 244 g/mol. The molecular formula is C14H20N2OS. The Morgan fingerprint density at radius 2 is 2.39 bits per heavy atom. The Morgan fingerprint density at radius 3 is 3.11 bits per heavy atom. The van der Waals surface area contributed by atoms with Gasteiger partial charge >= 0.3 is 0 Å². The summed E-state index contributed by atoms with van der Waals surface area (Å²) in [5.41, 5.74) is 2.25. The van der Waals surface area contributed by atoms with Crippen LogP contribution in [0.1, 0.15) is 18.4 Å². The number of piperidine rings is 1. The van der Waals surface area contributed by atoms with Crippen molar-refractivity contribution in [2.45, 2.75) is 19.8 Å². The van der Waals surface area contributed by atoms with Crippen LogP contribution in [-0.2, 0) is 0 Å². The molecule has 18 heavy (non-hydrogen) atoms. The summed E-state index contributed by atoms with van der Waals surface area (Å²) in [5.74, 6) is 0.357. The zero-order valence-corrected chi connectivity index (χ0v) is 11.5. The van der Waals surface area contributed by atoms with Crippen molar-refractivity contribution in [2.75, 3.05) is 25.0 Å². The van der Waals surface area contributed by atoms with Gasteiger partial charge in [-0.15, -0.1) is 0 Å². The molecule has 1 aliphatic heterocycles. The minimum Gasteiger partial charge on any atom is -0.396 e. The largest absolute Gasteiger partial charge is 0.396 e. The van der Waals surface area contributed by atoms with Gasteiger partial charge in [-0.3, -0.25) is 0 Å². The van der Waals surface area contributed by atoms with Crippen molar-refractivity contribution in [3.8, 4) is 0 Å². The van der Waals surface area contributed by atoms with Gasteiger partial charge in [0.15, 0.2) is 5.11 Å². The molecule has 0 amide bonds. The lowest BCUT2D eigenvalue weighted by molar-refractivity contribution is 0.162. The van der Waals surface area contributed by atoms with E-state index < -0.39 is 0 Å². The molecule has 1 heterocycles. The van der Waals surface area contributed by atoms with E-state index in [0.717, 1.165) is 36.7 Å². The lowest BCUT2D eigenvalue weighted by atomic mass is 9.99. The first kappa shape index (κ1) is 13.3. The molecule has 1 aliphatic rings. The Labute approximate surface area is 114 Å². The van der Waals surface area contributed by atoms with Crippen LogP contribution in [-0.4, -0.2) is 34.8 Å². The number of aliphatic hydroxyl groups is 1. The number of aryl methyl sites for hydroxylation is 1. The average Bonchev–Trinajstić information content (AvgIpc) is 2.39. The number of rotatable bonds is 2. The Kier molecular flexibility index (Phi) is 4.55. The zero-order valence-electron chi connectivity index (χ0n) is 10.7. The van der Waals surface area contributed by atoms with Crippen LogP contribution in [0.15, 0.2) is 24.3 Å². The first-order valence-electron chi connectivity index (χ1n) is 6.42. The van der Waals surface area contributed by atoms with Crippen molar-refractivity contribution in [1.29, 1.82) is 0 Å². The summed E-state index contributed by atoms with van der Waals surface area (Å²) in [5, 5.41) is 13.3. The van der Waals surface area contributed by atoms with Gasteiger partial charge in [-0.1, -0.05) is 12.1 Å². The topological polar surface area (TPSA) is 35.5 Å². The fourth-order valence-corrected chi connectivity index (χ4v) is 2.61. The number of benzene rings is 1. The number of hydrogen-bond acceptors (Lipinski definition) is 2. The molecule has 1 fully saturated rings. The fourth-order valence-electron chi connectivity index (χ4n) is 2.32. The molecule has 1 saturated heterocycles. The zero-order chi connectivity index (χ0) is 13.0. The summed E-state index contributed by atoms with van der Waals surface area (Å²) in [6.07, 6.45) is 2.20. The summed E-state index contributed by atoms with van der Waals surface area (Å²) >= 11 is 5.43. The number of aliphatic hydroxyl groups excluding tert-OH is 1. The predicted molar refractivity (Wildman–Crippen MR) is 78.8 cm³/mol. The first-order valence-corrected chi connectivity index (χ1v) is 6.83. The summed E-state index contributed by atoms with van der Waals surface area (Å²) in [4.78, 5) is 2.15. The monoisotopic (exact) mass is 264 g/mol. The minimum absolute atomic E-state index is 0.254. The van der Waals surface area contributed by atoms with Crippen molar-refractivity contribution in [3.05, 3.63) is 29.8 Å². The van der Waals surface area contributed by atoms with Gasteiger partial charge < -0.3 is 15.3 Å². The third kappa shape index (κ3) is 3.43. The maximum atomic E-state index is 9.23. The van der Waals surface area contributed by atoms with E-state index in [2.05, 4.69) is 29.3 Å². The van der Waals surface area contributed by atoms with Gasteiger partial charge in [0.1, 0.15) is 0 Å². The average molecular weight is 264 g/mol. The molecule has 2 rings (SSSR count). The van der Waals surface area contributed by atoms with Crippen molar-refractivity contribution >= 4 is 23.0 Å². The van der Waals surface area contributed by atoms with Gasteiger partial charge in [0, 0.05) is 25.4 Å². The summed E-state index contributed by atoms with van der Waals surface area (Å²) < 4.78 is 0. The van der Waals surface area contributed by atoms with E-state index in [4.69, 9.17) is 12.2 Å². The Bertz CT molecular complexity index is 422. The van der Waals surface area contributed by atoms with E-state index in [0.29, 0.717) is 5.92 Å². The highest BCUT2D eigenvalue weighted by Crippen LogP contribution is 2.17. The van der Waals surface area contributed by atoms with E-state index >= 15 is 0 Å². The second-order valence-corrected chi connectivity index (χ2v) is 5.32. The highest BCUT2D eigenvalue weighted by molar-refractivity contribution is 7.80. The molecule has 4 heteroatoms. The maximum Gasteiger partial charge on any atom is 0.173 e. The third-order valence-electron chi connectivity index (χ3n) is 3.33. The van der Waals surface area contributed by atoms with Crippen LogP contribution in [0.3, 0.4) is 0 Å². The van der Waals surface area contributed by atoms with Gasteiger partial charge in [0.2, 0.25) is 0 Å². The number of thiocarbonyl (C=S) groups is 1. The summed E-state index contributed by atoms with van der Waals surface area (Å²) in [6, 6.07) is 8.19. The highest BCUT2D eigenvalue weighted by atomic mass is 32.1. The number of likely N-dealkylation sites (tertiary alicyclic amines) is 1. The lowest BCUT2D eigenvalue weighted by Crippen LogP contribution is -2.43. The molecule has 2 N–H and O–H groups in total. The van der Waals surface area contributed by atoms with E-state index in [1.54, 1.807) is 0 Å². The van der Waals surface area contributed by atoms with Crippen LogP contribution in [0.2, 0.25) is 0 Å². The quantitative estimate of drug-likeness (QED) is 0.804. The van der Waals surface area contributed by atoms with Crippen molar-refractivity contribution in [1.82, 2.24) is 4.90 Å². The van der Waals surface area contributed by atoms with E-state index in [1.165, 1.54) is 5.56 Å². The van der Waals surface area contributed by atoms with Crippen LogP contribution in [0, 0.1) is 12.8 Å². The normalized spacial score (nSPS) is 19.7. The molecule has 0 aromatic heterocycles. The van der Waals surface area contributed by atoms with E-state index in [9.17, 15) is 5.11 Å². The van der Waals surface area contributed by atoms with Gasteiger partial charge in [0.25, 0.3) is 0 Å². The fraction of sp³-hybridized carbons (Fsp3) is 0.500. The summed E-state index contributed by atoms with van der Waals surface area (Å²) in [6.45, 7) is 4.16. The molecule has 1 atom stereocenters. The number of anilines is 1. The first-order chi connectivity index (χ1) is 8.69. The molecule has 1 unspecified atom stereocenters. The minimum atomic E-state index is 0.254. The Morgan fingerprint density at radius 1 is 1.56 bits per heavy atom. The molecule has 1 aromatic rings. The molecule has 98 valence electrons. The van der Waals surface area contributed by atoms with Crippen molar-refractivity contribution in [3.63, 3.8) is 0 Å². The number of hydrogen-bond donors (Lipinski definition) is 2. The van der Waals surface area contributed by atoms with Crippen LogP contribution >= 0.6 is 12.2 Å². The lowest BCUT2D eigenvalue weighted by Gasteiger charge is -2.33. The predicted octanol–water partition coefficient (Wildman–Crippen LogP) is 2.40. The van der Waals surface area contributed by atoms with Gasteiger partial charge in [0.05, 0.1) is 0 Å². The van der Waals surface area contributed by atoms with Gasteiger partial charge in [-0.25, -0.2) is 0 Å². The Balaban J connectivity index is 1.95. The molecule has 3 nitrogen and oxygen atoms in total. The van der Waals surface area contributed by atoms with Gasteiger partial charge in [-0.2, -0.15) is 0 Å². The number of nitrogens with one attached hydrogen (secondary N) is 1. The second-order valence-electron chi connectivity index (χ2n) is 4.94. The molecule has 0 spiro atoms. The standard InChI is InChI=1S/C14H20N2OS/c1-11-4-2-6-13(8-11)15-14(18)16-7-3-5-12(9-16)10-17/h2,4,6,8,12,17H,3,5,7,9-10H2,1H3,(H,15,18). The third-order valence-corrected chi connectivity index (χ3v) is 3.69. The number of nitrogens with zero attached hydrogens (tertiary/aromatic N) is 1. The van der Waals surface area contributed by atoms with Crippen LogP contribution in [0.25, 0.3) is 0 Å². The smallest absolute Gasteiger partial charge is 0.173 e. The Hall–Kier alpha value is -1.13. The van der Waals surface area contributed by atoms with Crippen LogP contribution in [0.5, 0.6) is 0 Å². The van der Waals surface area contributed by atoms with Gasteiger partial charge in [-0.05, 0) is 55.6 Å². The molecule has 0 saturated carbocycles. The molecule has 0 aliphatic carbocycles. The highest BCUT2D eigenvalue weighted by Gasteiger charge is 2.20. The maximum absolute atomic E-state index is 9.23. The molecule has 0 bridgehead atoms. The van der Waals surface area contributed by atoms with Crippen molar-refractivity contribution < 1.29 is 5.11 Å². The SMILES string of the molecule is Cc1cccc(NC(=S)N2CCCC(CO)C2)c1. The van der Waals surface area contributed by atoms with E-state index in [1.807, 2.05) is 12.1 Å². The second kappa shape index (κ2) is 6.16. The molecule has 0 radical (unpaired) electrons. The van der Waals surface area contributed by atoms with E-state index in [-0.39, 0.29) is 6.61 Å². The van der Waals surface area contributed by atoms with Crippen LogP contribution in [0.4, 0.5) is 5.69 Å². The van der Waals surface area contributed by atoms with Crippen molar-refractivity contribution in [2.24, 2.45) is 5.92 Å². The summed E-state index contributed by atoms with van der Waals surface area (Å²) in [7, 11) is 0. The van der Waals surface area contributed by atoms with Crippen LogP contribution < -0.4 is 5.32 Å². The molecule has 1 aromatic carbocycles.